The van der Waals surface area contributed by atoms with Crippen molar-refractivity contribution in [2.24, 2.45) is 5.92 Å². The molecule has 0 saturated carbocycles. The van der Waals surface area contributed by atoms with Crippen LogP contribution in [0, 0.1) is 23.0 Å². The van der Waals surface area contributed by atoms with Gasteiger partial charge < -0.3 is 0 Å². The van der Waals surface area contributed by atoms with Gasteiger partial charge in [-0.25, -0.2) is 13.1 Å². The Labute approximate surface area is 123 Å². The molecule has 0 amide bonds. The fourth-order valence-electron chi connectivity index (χ4n) is 1.55. The SMILES string of the molecule is Cc1c(Cl)cc(S(=O)(=O)NCCC(C)C)cc1[N+](=O)[O-]. The van der Waals surface area contributed by atoms with Gasteiger partial charge in [-0.05, 0) is 25.3 Å². The smallest absolute Gasteiger partial charge is 0.258 e. The van der Waals surface area contributed by atoms with Gasteiger partial charge in [0.25, 0.3) is 5.69 Å². The summed E-state index contributed by atoms with van der Waals surface area (Å²) in [7, 11) is -3.79. The van der Waals surface area contributed by atoms with Crippen molar-refractivity contribution >= 4 is 27.3 Å². The molecule has 6 nitrogen and oxygen atoms in total. The van der Waals surface area contributed by atoms with Crippen molar-refractivity contribution in [3.8, 4) is 0 Å². The average molecular weight is 321 g/mol. The summed E-state index contributed by atoms with van der Waals surface area (Å²) in [6.45, 7) is 5.70. The molecule has 0 bridgehead atoms. The van der Waals surface area contributed by atoms with Gasteiger partial charge in [0.1, 0.15) is 0 Å². The third-order valence-corrected chi connectivity index (χ3v) is 4.64. The van der Waals surface area contributed by atoms with Crippen molar-refractivity contribution in [1.82, 2.24) is 4.72 Å². The van der Waals surface area contributed by atoms with Crippen LogP contribution in [0.5, 0.6) is 0 Å². The second kappa shape index (κ2) is 6.51. The lowest BCUT2D eigenvalue weighted by molar-refractivity contribution is -0.385. The van der Waals surface area contributed by atoms with E-state index in [0.29, 0.717) is 12.3 Å². The second-order valence-corrected chi connectivity index (χ2v) is 7.06. The van der Waals surface area contributed by atoms with E-state index in [1.54, 1.807) is 0 Å². The molecule has 0 aliphatic heterocycles. The first-order valence-corrected chi connectivity index (χ1v) is 7.95. The summed E-state index contributed by atoms with van der Waals surface area (Å²) in [4.78, 5) is 10.1. The van der Waals surface area contributed by atoms with Crippen LogP contribution in [0.1, 0.15) is 25.8 Å². The second-order valence-electron chi connectivity index (χ2n) is 4.89. The minimum Gasteiger partial charge on any atom is -0.258 e. The van der Waals surface area contributed by atoms with Crippen LogP contribution in [0.25, 0.3) is 0 Å². The van der Waals surface area contributed by atoms with Crippen molar-refractivity contribution in [3.63, 3.8) is 0 Å². The van der Waals surface area contributed by atoms with E-state index in [1.165, 1.54) is 13.0 Å². The highest BCUT2D eigenvalue weighted by atomic mass is 35.5. The third kappa shape index (κ3) is 4.16. The molecular formula is C12H17ClN2O4S. The number of halogens is 1. The molecule has 0 aliphatic carbocycles. The molecule has 0 aliphatic rings. The number of nitro groups is 1. The van der Waals surface area contributed by atoms with Crippen LogP contribution < -0.4 is 4.72 Å². The van der Waals surface area contributed by atoms with Gasteiger partial charge in [0.2, 0.25) is 10.0 Å². The number of hydrogen-bond acceptors (Lipinski definition) is 4. The van der Waals surface area contributed by atoms with Crippen molar-refractivity contribution in [1.29, 1.82) is 0 Å². The summed E-state index contributed by atoms with van der Waals surface area (Å²) in [5.74, 6) is 0.355. The van der Waals surface area contributed by atoms with Crippen LogP contribution in [0.4, 0.5) is 5.69 Å². The predicted molar refractivity (Wildman–Crippen MR) is 77.5 cm³/mol. The van der Waals surface area contributed by atoms with Gasteiger partial charge in [-0.15, -0.1) is 0 Å². The normalized spacial score (nSPS) is 11.8. The summed E-state index contributed by atoms with van der Waals surface area (Å²) >= 11 is 5.86. The Bertz CT molecular complexity index is 614. The zero-order chi connectivity index (χ0) is 15.5. The quantitative estimate of drug-likeness (QED) is 0.644. The number of nitro benzene ring substituents is 1. The first-order valence-electron chi connectivity index (χ1n) is 6.09. The van der Waals surface area contributed by atoms with E-state index < -0.39 is 14.9 Å². The molecule has 1 aromatic rings. The fourth-order valence-corrected chi connectivity index (χ4v) is 2.92. The first kappa shape index (κ1) is 16.9. The minimum atomic E-state index is -3.79. The molecule has 8 heteroatoms. The van der Waals surface area contributed by atoms with E-state index in [9.17, 15) is 18.5 Å². The van der Waals surface area contributed by atoms with Gasteiger partial charge >= 0.3 is 0 Å². The van der Waals surface area contributed by atoms with Crippen LogP contribution in [0.15, 0.2) is 17.0 Å². The van der Waals surface area contributed by atoms with E-state index in [2.05, 4.69) is 4.72 Å². The van der Waals surface area contributed by atoms with Crippen molar-refractivity contribution < 1.29 is 13.3 Å². The predicted octanol–water partition coefficient (Wildman–Crippen LogP) is 2.88. The lowest BCUT2D eigenvalue weighted by Crippen LogP contribution is -2.25. The van der Waals surface area contributed by atoms with Crippen LogP contribution >= 0.6 is 11.6 Å². The largest absolute Gasteiger partial charge is 0.275 e. The summed E-state index contributed by atoms with van der Waals surface area (Å²) in [6.07, 6.45) is 0.681. The zero-order valence-electron chi connectivity index (χ0n) is 11.5. The molecule has 0 unspecified atom stereocenters. The number of nitrogens with one attached hydrogen (secondary N) is 1. The van der Waals surface area contributed by atoms with Gasteiger partial charge in [0.05, 0.1) is 14.8 Å². The summed E-state index contributed by atoms with van der Waals surface area (Å²) < 4.78 is 26.5. The molecular weight excluding hydrogens is 304 g/mol. The summed E-state index contributed by atoms with van der Waals surface area (Å²) in [5.41, 5.74) is -0.0560. The summed E-state index contributed by atoms with van der Waals surface area (Å²) in [5, 5.41) is 10.9. The van der Waals surface area contributed by atoms with E-state index in [0.717, 1.165) is 6.07 Å². The third-order valence-electron chi connectivity index (χ3n) is 2.81. The van der Waals surface area contributed by atoms with E-state index in [4.69, 9.17) is 11.6 Å². The molecule has 0 heterocycles. The standard InChI is InChI=1S/C12H17ClN2O4S/c1-8(2)4-5-14-20(18,19)10-6-11(13)9(3)12(7-10)15(16)17/h6-8,14H,4-5H2,1-3H3. The first-order chi connectivity index (χ1) is 9.15. The van der Waals surface area contributed by atoms with Gasteiger partial charge in [0.15, 0.2) is 0 Å². The Kier molecular flexibility index (Phi) is 5.50. The highest BCUT2D eigenvalue weighted by Gasteiger charge is 2.22. The number of hydrogen-bond donors (Lipinski definition) is 1. The molecule has 1 N–H and O–H groups in total. The highest BCUT2D eigenvalue weighted by molar-refractivity contribution is 7.89. The van der Waals surface area contributed by atoms with E-state index >= 15 is 0 Å². The molecule has 1 rings (SSSR count). The highest BCUT2D eigenvalue weighted by Crippen LogP contribution is 2.29. The van der Waals surface area contributed by atoms with Crippen LogP contribution in [0.3, 0.4) is 0 Å². The number of nitrogens with zero attached hydrogens (tertiary/aromatic N) is 1. The Hall–Kier alpha value is -1.18. The van der Waals surface area contributed by atoms with Gasteiger partial charge in [-0.3, -0.25) is 10.1 Å². The molecule has 20 heavy (non-hydrogen) atoms. The van der Waals surface area contributed by atoms with Crippen LogP contribution in [0.2, 0.25) is 5.02 Å². The molecule has 0 saturated heterocycles. The topological polar surface area (TPSA) is 89.3 Å². The van der Waals surface area contributed by atoms with Crippen molar-refractivity contribution in [3.05, 3.63) is 32.8 Å². The maximum Gasteiger partial charge on any atom is 0.275 e. The molecule has 0 aromatic heterocycles. The molecule has 1 aromatic carbocycles. The summed E-state index contributed by atoms with van der Waals surface area (Å²) in [6, 6.07) is 2.25. The minimum absolute atomic E-state index is 0.0587. The number of sulfonamides is 1. The van der Waals surface area contributed by atoms with E-state index in [1.807, 2.05) is 13.8 Å². The molecule has 0 fully saturated rings. The van der Waals surface area contributed by atoms with Gasteiger partial charge in [0, 0.05) is 18.2 Å². The maximum atomic E-state index is 12.1. The van der Waals surface area contributed by atoms with E-state index in [-0.39, 0.29) is 27.7 Å². The van der Waals surface area contributed by atoms with Gasteiger partial charge in [-0.1, -0.05) is 25.4 Å². The lowest BCUT2D eigenvalue weighted by atomic mass is 10.1. The monoisotopic (exact) mass is 320 g/mol. The number of benzene rings is 1. The fraction of sp³-hybridized carbons (Fsp3) is 0.500. The van der Waals surface area contributed by atoms with Gasteiger partial charge in [-0.2, -0.15) is 0 Å². The number of rotatable bonds is 6. The molecule has 0 radical (unpaired) electrons. The van der Waals surface area contributed by atoms with Crippen LogP contribution in [-0.2, 0) is 10.0 Å². The van der Waals surface area contributed by atoms with Crippen LogP contribution in [-0.4, -0.2) is 19.9 Å². The maximum absolute atomic E-state index is 12.1. The van der Waals surface area contributed by atoms with Crippen molar-refractivity contribution in [2.45, 2.75) is 32.1 Å². The van der Waals surface area contributed by atoms with Crippen molar-refractivity contribution in [2.75, 3.05) is 6.54 Å². The molecule has 112 valence electrons. The Morgan fingerprint density at radius 3 is 2.50 bits per heavy atom. The lowest BCUT2D eigenvalue weighted by Gasteiger charge is -2.09. The Morgan fingerprint density at radius 2 is 2.00 bits per heavy atom. The molecule has 0 atom stereocenters. The zero-order valence-corrected chi connectivity index (χ0v) is 13.1. The Morgan fingerprint density at radius 1 is 1.40 bits per heavy atom. The average Bonchev–Trinajstić information content (AvgIpc) is 2.31. The Balaban J connectivity index is 3.10. The molecule has 0 spiro atoms.